The van der Waals surface area contributed by atoms with Crippen molar-refractivity contribution < 1.29 is 9.90 Å². The summed E-state index contributed by atoms with van der Waals surface area (Å²) in [4.78, 5) is 14.2. The number of hydrogen-bond acceptors (Lipinski definition) is 2. The summed E-state index contributed by atoms with van der Waals surface area (Å²) < 4.78 is 0. The van der Waals surface area contributed by atoms with Gasteiger partial charge < -0.3 is 14.9 Å². The minimum atomic E-state index is -0.800. The Labute approximate surface area is 78.6 Å². The number of likely N-dealkylation sites (N-methyl/N-ethyl adjacent to an activating group) is 1. The van der Waals surface area contributed by atoms with Crippen LogP contribution in [0.15, 0.2) is 0 Å². The molecule has 72 valence electrons. The van der Waals surface area contributed by atoms with Gasteiger partial charge in [-0.05, 0) is 14.0 Å². The zero-order chi connectivity index (χ0) is 8.43. The van der Waals surface area contributed by atoms with Gasteiger partial charge in [0.2, 0.25) is 0 Å². The second-order valence-electron chi connectivity index (χ2n) is 3.09. The molecule has 1 heterocycles. The summed E-state index contributed by atoms with van der Waals surface area (Å²) in [6, 6.07) is 0.131. The molecule has 1 aliphatic heterocycles. The first-order chi connectivity index (χ1) is 5.11. The van der Waals surface area contributed by atoms with Crippen LogP contribution >= 0.6 is 12.4 Å². The van der Waals surface area contributed by atoms with Gasteiger partial charge in [0.25, 0.3) is 0 Å². The molecule has 0 aromatic rings. The first-order valence-corrected chi connectivity index (χ1v) is 3.79. The monoisotopic (exact) mass is 194 g/mol. The van der Waals surface area contributed by atoms with Crippen LogP contribution in [0.3, 0.4) is 0 Å². The van der Waals surface area contributed by atoms with Crippen molar-refractivity contribution in [2.75, 3.05) is 26.7 Å². The van der Waals surface area contributed by atoms with Crippen molar-refractivity contribution in [3.63, 3.8) is 0 Å². The van der Waals surface area contributed by atoms with Crippen molar-refractivity contribution in [3.8, 4) is 0 Å². The minimum Gasteiger partial charge on any atom is -0.465 e. The van der Waals surface area contributed by atoms with E-state index in [1.165, 1.54) is 4.90 Å². The van der Waals surface area contributed by atoms with Crippen LogP contribution in [0.5, 0.6) is 0 Å². The Morgan fingerprint density at radius 3 is 2.50 bits per heavy atom. The molecule has 0 aromatic heterocycles. The van der Waals surface area contributed by atoms with Gasteiger partial charge in [-0.15, -0.1) is 12.4 Å². The van der Waals surface area contributed by atoms with E-state index < -0.39 is 6.09 Å². The number of carbonyl (C=O) groups is 1. The summed E-state index contributed by atoms with van der Waals surface area (Å²) in [6.07, 6.45) is -0.800. The van der Waals surface area contributed by atoms with Crippen LogP contribution in [0.4, 0.5) is 4.79 Å². The van der Waals surface area contributed by atoms with Gasteiger partial charge in [-0.1, -0.05) is 0 Å². The zero-order valence-electron chi connectivity index (χ0n) is 7.36. The lowest BCUT2D eigenvalue weighted by Gasteiger charge is -2.36. The third kappa shape index (κ3) is 2.53. The van der Waals surface area contributed by atoms with E-state index >= 15 is 0 Å². The number of hydrogen-bond donors (Lipinski definition) is 1. The van der Waals surface area contributed by atoms with Crippen LogP contribution in [-0.2, 0) is 0 Å². The maximum atomic E-state index is 10.6. The van der Waals surface area contributed by atoms with Crippen molar-refractivity contribution in [3.05, 3.63) is 0 Å². The fourth-order valence-corrected chi connectivity index (χ4v) is 1.42. The van der Waals surface area contributed by atoms with Gasteiger partial charge in [0.05, 0.1) is 0 Å². The second kappa shape index (κ2) is 4.52. The van der Waals surface area contributed by atoms with Crippen LogP contribution in [0.1, 0.15) is 6.92 Å². The molecule has 0 spiro atoms. The summed E-state index contributed by atoms with van der Waals surface area (Å²) >= 11 is 0. The Bertz CT molecular complexity index is 165. The molecule has 1 unspecified atom stereocenters. The van der Waals surface area contributed by atoms with Gasteiger partial charge in [-0.2, -0.15) is 0 Å². The van der Waals surface area contributed by atoms with Gasteiger partial charge >= 0.3 is 6.09 Å². The Morgan fingerprint density at radius 1 is 1.50 bits per heavy atom. The summed E-state index contributed by atoms with van der Waals surface area (Å²) in [6.45, 7) is 4.25. The third-order valence-electron chi connectivity index (χ3n) is 2.08. The van der Waals surface area contributed by atoms with Crippen LogP contribution in [0, 0.1) is 0 Å². The molecule has 1 fully saturated rings. The van der Waals surface area contributed by atoms with Crippen molar-refractivity contribution >= 4 is 18.5 Å². The molecule has 1 N–H and O–H groups in total. The predicted molar refractivity (Wildman–Crippen MR) is 48.9 cm³/mol. The molecule has 1 rings (SSSR count). The average Bonchev–Trinajstić information content (AvgIpc) is 1.85. The SMILES string of the molecule is CC1CN(C)CCN1C(=O)O.Cl. The Morgan fingerprint density at radius 2 is 2.08 bits per heavy atom. The molecule has 0 aliphatic carbocycles. The van der Waals surface area contributed by atoms with Gasteiger partial charge in [-0.3, -0.25) is 0 Å². The number of rotatable bonds is 0. The summed E-state index contributed by atoms with van der Waals surface area (Å²) in [5.74, 6) is 0. The fraction of sp³-hybridized carbons (Fsp3) is 0.857. The summed E-state index contributed by atoms with van der Waals surface area (Å²) in [5.41, 5.74) is 0. The highest BCUT2D eigenvalue weighted by atomic mass is 35.5. The highest BCUT2D eigenvalue weighted by molar-refractivity contribution is 5.85. The lowest BCUT2D eigenvalue weighted by atomic mass is 10.2. The largest absolute Gasteiger partial charge is 0.465 e. The van der Waals surface area contributed by atoms with E-state index in [2.05, 4.69) is 4.90 Å². The molecule has 1 aliphatic rings. The topological polar surface area (TPSA) is 43.8 Å². The van der Waals surface area contributed by atoms with E-state index in [9.17, 15) is 4.79 Å². The molecule has 1 amide bonds. The molecule has 0 aromatic carbocycles. The van der Waals surface area contributed by atoms with Crippen molar-refractivity contribution in [2.24, 2.45) is 0 Å². The van der Waals surface area contributed by atoms with E-state index in [0.29, 0.717) is 6.54 Å². The first-order valence-electron chi connectivity index (χ1n) is 3.79. The molecule has 0 bridgehead atoms. The zero-order valence-corrected chi connectivity index (χ0v) is 8.17. The molecule has 5 heteroatoms. The van der Waals surface area contributed by atoms with E-state index in [1.807, 2.05) is 14.0 Å². The maximum Gasteiger partial charge on any atom is 0.407 e. The van der Waals surface area contributed by atoms with Gasteiger partial charge in [0.15, 0.2) is 0 Å². The van der Waals surface area contributed by atoms with Crippen molar-refractivity contribution in [2.45, 2.75) is 13.0 Å². The normalized spacial score (nSPS) is 24.8. The third-order valence-corrected chi connectivity index (χ3v) is 2.08. The maximum absolute atomic E-state index is 10.6. The molecular formula is C7H15ClN2O2. The van der Waals surface area contributed by atoms with Crippen LogP contribution in [0.25, 0.3) is 0 Å². The van der Waals surface area contributed by atoms with Crippen molar-refractivity contribution in [1.82, 2.24) is 9.80 Å². The van der Waals surface area contributed by atoms with Crippen LogP contribution in [0.2, 0.25) is 0 Å². The molecule has 0 saturated carbocycles. The number of carboxylic acid groups (broad SMARTS) is 1. The fourth-order valence-electron chi connectivity index (χ4n) is 1.42. The summed E-state index contributed by atoms with van der Waals surface area (Å²) in [5, 5.41) is 8.70. The number of piperazine rings is 1. The molecule has 12 heavy (non-hydrogen) atoms. The summed E-state index contributed by atoms with van der Waals surface area (Å²) in [7, 11) is 2.01. The van der Waals surface area contributed by atoms with Gasteiger partial charge in [-0.25, -0.2) is 4.79 Å². The van der Waals surface area contributed by atoms with E-state index in [0.717, 1.165) is 13.1 Å². The van der Waals surface area contributed by atoms with Gasteiger partial charge in [0, 0.05) is 25.7 Å². The van der Waals surface area contributed by atoms with E-state index in [1.54, 1.807) is 0 Å². The number of nitrogens with zero attached hydrogens (tertiary/aromatic N) is 2. The molecular weight excluding hydrogens is 180 g/mol. The van der Waals surface area contributed by atoms with Gasteiger partial charge in [0.1, 0.15) is 0 Å². The van der Waals surface area contributed by atoms with Crippen LogP contribution in [-0.4, -0.2) is 53.7 Å². The molecule has 1 atom stereocenters. The lowest BCUT2D eigenvalue weighted by Crippen LogP contribution is -2.52. The van der Waals surface area contributed by atoms with Crippen molar-refractivity contribution in [1.29, 1.82) is 0 Å². The van der Waals surface area contributed by atoms with Crippen LogP contribution < -0.4 is 0 Å². The van der Waals surface area contributed by atoms with E-state index in [-0.39, 0.29) is 18.4 Å². The number of amides is 1. The second-order valence-corrected chi connectivity index (χ2v) is 3.09. The molecule has 4 nitrogen and oxygen atoms in total. The highest BCUT2D eigenvalue weighted by Crippen LogP contribution is 2.06. The first kappa shape index (κ1) is 11.5. The quantitative estimate of drug-likeness (QED) is 0.618. The average molecular weight is 195 g/mol. The predicted octanol–water partition coefficient (Wildman–Crippen LogP) is 0.722. The Kier molecular flexibility index (Phi) is 4.34. The highest BCUT2D eigenvalue weighted by Gasteiger charge is 2.24. The Hall–Kier alpha value is -0.480. The standard InChI is InChI=1S/C7H14N2O2.ClH/c1-6-5-8(2)3-4-9(6)7(10)11;/h6H,3-5H2,1-2H3,(H,10,11);1H. The lowest BCUT2D eigenvalue weighted by molar-refractivity contribution is 0.0844. The minimum absolute atomic E-state index is 0. The smallest absolute Gasteiger partial charge is 0.407 e. The molecule has 0 radical (unpaired) electrons. The van der Waals surface area contributed by atoms with E-state index in [4.69, 9.17) is 5.11 Å². The number of halogens is 1. The Balaban J connectivity index is 0.00000121. The molecule has 1 saturated heterocycles.